The molecule has 1 aromatic rings. The molecule has 5 nitrogen and oxygen atoms in total. The number of carbonyl (C=O) groups is 1. The maximum atomic E-state index is 11.7. The average Bonchev–Trinajstić information content (AvgIpc) is 2.76. The fourth-order valence-electron chi connectivity index (χ4n) is 1.84. The highest BCUT2D eigenvalue weighted by molar-refractivity contribution is 5.83. The number of nitrogens with zero attached hydrogens (tertiary/aromatic N) is 2. The van der Waals surface area contributed by atoms with Crippen molar-refractivity contribution in [1.82, 2.24) is 15.4 Å². The lowest BCUT2D eigenvalue weighted by atomic mass is 10.3. The summed E-state index contributed by atoms with van der Waals surface area (Å²) in [6.07, 6.45) is 0.864. The smallest absolute Gasteiger partial charge is 0.240 e. The Morgan fingerprint density at radius 1 is 1.73 bits per heavy atom. The zero-order valence-electron chi connectivity index (χ0n) is 8.99. The van der Waals surface area contributed by atoms with Crippen LogP contribution in [0.25, 0.3) is 0 Å². The Bertz CT molecular complexity index is 361. The molecule has 82 valence electrons. The van der Waals surface area contributed by atoms with Gasteiger partial charge in [0, 0.05) is 12.6 Å². The summed E-state index contributed by atoms with van der Waals surface area (Å²) in [5.41, 5.74) is 0.849. The van der Waals surface area contributed by atoms with Crippen molar-refractivity contribution in [3.63, 3.8) is 0 Å². The maximum absolute atomic E-state index is 11.7. The van der Waals surface area contributed by atoms with E-state index in [0.29, 0.717) is 6.54 Å². The molecule has 1 amide bonds. The molecular weight excluding hydrogens is 194 g/mol. The van der Waals surface area contributed by atoms with E-state index >= 15 is 0 Å². The summed E-state index contributed by atoms with van der Waals surface area (Å²) in [6, 6.07) is 1.83. The van der Waals surface area contributed by atoms with Crippen molar-refractivity contribution in [2.75, 3.05) is 13.6 Å². The van der Waals surface area contributed by atoms with Crippen LogP contribution in [0.2, 0.25) is 0 Å². The summed E-state index contributed by atoms with van der Waals surface area (Å²) in [4.78, 5) is 13.5. The zero-order chi connectivity index (χ0) is 10.8. The molecule has 0 radical (unpaired) electrons. The van der Waals surface area contributed by atoms with E-state index in [1.807, 2.05) is 20.0 Å². The summed E-state index contributed by atoms with van der Waals surface area (Å²) in [5, 5.41) is 6.79. The van der Waals surface area contributed by atoms with E-state index in [2.05, 4.69) is 10.5 Å². The summed E-state index contributed by atoms with van der Waals surface area (Å²) >= 11 is 0. The number of aromatic nitrogens is 1. The highest BCUT2D eigenvalue weighted by Gasteiger charge is 2.30. The third kappa shape index (κ3) is 2.02. The van der Waals surface area contributed by atoms with Crippen LogP contribution in [0.4, 0.5) is 0 Å². The van der Waals surface area contributed by atoms with E-state index < -0.39 is 0 Å². The molecule has 1 aliphatic rings. The van der Waals surface area contributed by atoms with Crippen LogP contribution >= 0.6 is 0 Å². The molecule has 0 aliphatic carbocycles. The normalized spacial score (nSPS) is 21.3. The first-order valence-corrected chi connectivity index (χ1v) is 5.09. The molecule has 1 atom stereocenters. The van der Waals surface area contributed by atoms with Gasteiger partial charge in [-0.3, -0.25) is 4.79 Å². The van der Waals surface area contributed by atoms with Gasteiger partial charge in [0.25, 0.3) is 0 Å². The predicted octanol–water partition coefficient (Wildman–Crippen LogP) is 0.303. The molecule has 0 bridgehead atoms. The van der Waals surface area contributed by atoms with Gasteiger partial charge in [-0.1, -0.05) is 5.16 Å². The van der Waals surface area contributed by atoms with Crippen LogP contribution in [0.15, 0.2) is 10.6 Å². The van der Waals surface area contributed by atoms with Crippen molar-refractivity contribution in [1.29, 1.82) is 0 Å². The molecule has 1 aromatic heterocycles. The van der Waals surface area contributed by atoms with Gasteiger partial charge in [-0.05, 0) is 20.4 Å². The van der Waals surface area contributed by atoms with E-state index in [-0.39, 0.29) is 11.9 Å². The average molecular weight is 209 g/mol. The number of carbonyl (C=O) groups excluding carboxylic acids is 1. The highest BCUT2D eigenvalue weighted by Crippen LogP contribution is 2.15. The fraction of sp³-hybridized carbons (Fsp3) is 0.600. The van der Waals surface area contributed by atoms with Gasteiger partial charge in [-0.2, -0.15) is 0 Å². The Balaban J connectivity index is 1.99. The molecule has 1 fully saturated rings. The molecular formula is C10H15N3O2. The third-order valence-corrected chi connectivity index (χ3v) is 2.67. The van der Waals surface area contributed by atoms with Crippen LogP contribution in [0.1, 0.15) is 17.9 Å². The van der Waals surface area contributed by atoms with E-state index in [4.69, 9.17) is 4.52 Å². The minimum atomic E-state index is -0.0333. The number of hydrogen-bond donors (Lipinski definition) is 1. The van der Waals surface area contributed by atoms with Crippen molar-refractivity contribution in [2.45, 2.75) is 25.9 Å². The van der Waals surface area contributed by atoms with Crippen molar-refractivity contribution >= 4 is 5.91 Å². The maximum Gasteiger partial charge on any atom is 0.240 e. The van der Waals surface area contributed by atoms with E-state index in [9.17, 15) is 4.79 Å². The second-order valence-electron chi connectivity index (χ2n) is 3.82. The third-order valence-electron chi connectivity index (χ3n) is 2.67. The van der Waals surface area contributed by atoms with Gasteiger partial charge in [-0.25, -0.2) is 0 Å². The molecule has 1 unspecified atom stereocenters. The Morgan fingerprint density at radius 3 is 3.07 bits per heavy atom. The summed E-state index contributed by atoms with van der Waals surface area (Å²) in [6.45, 7) is 3.18. The molecule has 2 heterocycles. The molecule has 2 rings (SSSR count). The van der Waals surface area contributed by atoms with Crippen LogP contribution in [0.3, 0.4) is 0 Å². The van der Waals surface area contributed by atoms with Crippen LogP contribution in [-0.2, 0) is 11.3 Å². The van der Waals surface area contributed by atoms with Gasteiger partial charge in [0.2, 0.25) is 5.91 Å². The quantitative estimate of drug-likeness (QED) is 0.778. The SMILES string of the molecule is CNC1CCN(Cc2cc(C)no2)C1=O. The summed E-state index contributed by atoms with van der Waals surface area (Å²) in [5.74, 6) is 0.893. The fourth-order valence-corrected chi connectivity index (χ4v) is 1.84. The van der Waals surface area contributed by atoms with E-state index in [1.54, 1.807) is 4.90 Å². The number of amides is 1. The molecule has 0 spiro atoms. The van der Waals surface area contributed by atoms with Gasteiger partial charge in [0.05, 0.1) is 18.3 Å². The Kier molecular flexibility index (Phi) is 2.73. The minimum absolute atomic E-state index is 0.0333. The molecule has 5 heteroatoms. The van der Waals surface area contributed by atoms with E-state index in [1.165, 1.54) is 0 Å². The lowest BCUT2D eigenvalue weighted by Gasteiger charge is -2.14. The number of likely N-dealkylation sites (tertiary alicyclic amines) is 1. The first kappa shape index (κ1) is 10.2. The van der Waals surface area contributed by atoms with Gasteiger partial charge in [0.15, 0.2) is 5.76 Å². The van der Waals surface area contributed by atoms with Crippen molar-refractivity contribution in [3.05, 3.63) is 17.5 Å². The standard InChI is InChI=1S/C10H15N3O2/c1-7-5-8(15-12-7)6-13-4-3-9(11-2)10(13)14/h5,9,11H,3-4,6H2,1-2H3. The largest absolute Gasteiger partial charge is 0.359 e. The molecule has 0 saturated carbocycles. The zero-order valence-corrected chi connectivity index (χ0v) is 8.99. The van der Waals surface area contributed by atoms with E-state index in [0.717, 1.165) is 24.4 Å². The van der Waals surface area contributed by atoms with Gasteiger partial charge in [0.1, 0.15) is 0 Å². The van der Waals surface area contributed by atoms with Crippen LogP contribution in [-0.4, -0.2) is 35.6 Å². The molecule has 15 heavy (non-hydrogen) atoms. The first-order chi connectivity index (χ1) is 7.20. The van der Waals surface area contributed by atoms with Crippen molar-refractivity contribution in [3.8, 4) is 0 Å². The Labute approximate surface area is 88.4 Å². The van der Waals surface area contributed by atoms with Crippen LogP contribution in [0, 0.1) is 6.92 Å². The molecule has 0 aromatic carbocycles. The Morgan fingerprint density at radius 2 is 2.53 bits per heavy atom. The molecule has 1 N–H and O–H groups in total. The lowest BCUT2D eigenvalue weighted by molar-refractivity contribution is -0.130. The summed E-state index contributed by atoms with van der Waals surface area (Å²) < 4.78 is 5.08. The number of aryl methyl sites for hydroxylation is 1. The number of likely N-dealkylation sites (N-methyl/N-ethyl adjacent to an activating group) is 1. The Hall–Kier alpha value is -1.36. The lowest BCUT2D eigenvalue weighted by Crippen LogP contribution is -2.35. The number of hydrogen-bond acceptors (Lipinski definition) is 4. The van der Waals surface area contributed by atoms with Gasteiger partial charge >= 0.3 is 0 Å². The predicted molar refractivity (Wildman–Crippen MR) is 54.1 cm³/mol. The second-order valence-corrected chi connectivity index (χ2v) is 3.82. The first-order valence-electron chi connectivity index (χ1n) is 5.09. The van der Waals surface area contributed by atoms with Gasteiger partial charge < -0.3 is 14.7 Å². The number of nitrogens with one attached hydrogen (secondary N) is 1. The monoisotopic (exact) mass is 209 g/mol. The molecule has 1 aliphatic heterocycles. The van der Waals surface area contributed by atoms with Crippen molar-refractivity contribution < 1.29 is 9.32 Å². The highest BCUT2D eigenvalue weighted by atomic mass is 16.5. The summed E-state index contributed by atoms with van der Waals surface area (Å²) in [7, 11) is 1.81. The second kappa shape index (κ2) is 4.02. The van der Waals surface area contributed by atoms with Crippen molar-refractivity contribution in [2.24, 2.45) is 0 Å². The van der Waals surface area contributed by atoms with Gasteiger partial charge in [-0.15, -0.1) is 0 Å². The van der Waals surface area contributed by atoms with Crippen LogP contribution in [0.5, 0.6) is 0 Å². The topological polar surface area (TPSA) is 58.4 Å². The molecule has 1 saturated heterocycles. The van der Waals surface area contributed by atoms with Crippen LogP contribution < -0.4 is 5.32 Å². The minimum Gasteiger partial charge on any atom is -0.359 e. The number of rotatable bonds is 3.